The molecule has 1 fully saturated rings. The second-order valence-corrected chi connectivity index (χ2v) is 5.64. The molecule has 3 heteroatoms. The zero-order valence-corrected chi connectivity index (χ0v) is 12.0. The molecule has 0 amide bonds. The summed E-state index contributed by atoms with van der Waals surface area (Å²) in [5.74, 6) is 0. The molecule has 1 aliphatic rings. The lowest BCUT2D eigenvalue weighted by Crippen LogP contribution is -2.47. The molecule has 2 aromatic carbocycles. The number of nitrogen functional groups attached to an aromatic ring is 1. The maximum absolute atomic E-state index is 5.93. The van der Waals surface area contributed by atoms with Crippen LogP contribution >= 0.6 is 0 Å². The summed E-state index contributed by atoms with van der Waals surface area (Å²) >= 11 is 0. The van der Waals surface area contributed by atoms with Gasteiger partial charge in [-0.1, -0.05) is 24.3 Å². The average Bonchev–Trinajstić information content (AvgIpc) is 2.38. The Morgan fingerprint density at radius 1 is 1.00 bits per heavy atom. The van der Waals surface area contributed by atoms with E-state index in [1.165, 1.54) is 16.8 Å². The third kappa shape index (κ3) is 2.04. The van der Waals surface area contributed by atoms with Gasteiger partial charge in [-0.2, -0.15) is 0 Å². The minimum Gasteiger partial charge on any atom is -0.399 e. The summed E-state index contributed by atoms with van der Waals surface area (Å²) in [6, 6.07) is 16.8. The zero-order chi connectivity index (χ0) is 14.2. The summed E-state index contributed by atoms with van der Waals surface area (Å²) in [4.78, 5) is 2.11. The molecule has 3 nitrogen and oxygen atoms in total. The van der Waals surface area contributed by atoms with Gasteiger partial charge in [0, 0.05) is 25.5 Å². The Morgan fingerprint density at radius 2 is 1.70 bits per heavy atom. The van der Waals surface area contributed by atoms with Gasteiger partial charge in [0.25, 0.3) is 0 Å². The Bertz CT molecular complexity index is 601. The summed E-state index contributed by atoms with van der Waals surface area (Å²) in [7, 11) is 4.10. The number of anilines is 2. The molecular formula is C17H20N2O. The van der Waals surface area contributed by atoms with E-state index in [1.807, 2.05) is 12.1 Å². The monoisotopic (exact) mass is 268 g/mol. The summed E-state index contributed by atoms with van der Waals surface area (Å²) in [5, 5.41) is 0. The van der Waals surface area contributed by atoms with Crippen LogP contribution in [0.25, 0.3) is 0 Å². The number of hydrogen-bond acceptors (Lipinski definition) is 3. The molecule has 0 atom stereocenters. The van der Waals surface area contributed by atoms with E-state index in [-0.39, 0.29) is 5.41 Å². The van der Waals surface area contributed by atoms with Crippen molar-refractivity contribution in [1.29, 1.82) is 0 Å². The number of hydrogen-bond donors (Lipinski definition) is 1. The summed E-state index contributed by atoms with van der Waals surface area (Å²) in [6.45, 7) is 1.44. The maximum Gasteiger partial charge on any atom is 0.0670 e. The van der Waals surface area contributed by atoms with Gasteiger partial charge in [0.1, 0.15) is 0 Å². The van der Waals surface area contributed by atoms with Gasteiger partial charge in [-0.3, -0.25) is 0 Å². The SMILES string of the molecule is CN(C)c1ccc(C2(c3cccc(N)c3)COC2)cc1. The molecule has 20 heavy (non-hydrogen) atoms. The Hall–Kier alpha value is -2.00. The highest BCUT2D eigenvalue weighted by Crippen LogP contribution is 2.40. The molecule has 1 heterocycles. The van der Waals surface area contributed by atoms with E-state index >= 15 is 0 Å². The number of benzene rings is 2. The summed E-state index contributed by atoms with van der Waals surface area (Å²) in [6.07, 6.45) is 0. The van der Waals surface area contributed by atoms with Crippen molar-refractivity contribution < 1.29 is 4.74 Å². The van der Waals surface area contributed by atoms with E-state index in [0.29, 0.717) is 0 Å². The number of nitrogens with two attached hydrogens (primary N) is 1. The predicted molar refractivity (Wildman–Crippen MR) is 83.2 cm³/mol. The molecule has 0 saturated carbocycles. The molecule has 2 N–H and O–H groups in total. The smallest absolute Gasteiger partial charge is 0.0670 e. The first kappa shape index (κ1) is 13.0. The first-order valence-electron chi connectivity index (χ1n) is 6.83. The molecule has 0 aliphatic carbocycles. The van der Waals surface area contributed by atoms with E-state index in [2.05, 4.69) is 55.4 Å². The van der Waals surface area contributed by atoms with Gasteiger partial charge in [-0.15, -0.1) is 0 Å². The molecule has 0 aromatic heterocycles. The van der Waals surface area contributed by atoms with Crippen LogP contribution in [-0.2, 0) is 10.2 Å². The molecule has 2 aromatic rings. The van der Waals surface area contributed by atoms with Gasteiger partial charge in [-0.25, -0.2) is 0 Å². The fourth-order valence-corrected chi connectivity index (χ4v) is 2.72. The normalized spacial score (nSPS) is 16.5. The minimum absolute atomic E-state index is 0.0414. The fraction of sp³-hybridized carbons (Fsp3) is 0.294. The largest absolute Gasteiger partial charge is 0.399 e. The van der Waals surface area contributed by atoms with Gasteiger partial charge in [0.2, 0.25) is 0 Å². The Balaban J connectivity index is 2.00. The minimum atomic E-state index is -0.0414. The van der Waals surface area contributed by atoms with Gasteiger partial charge in [0.15, 0.2) is 0 Å². The van der Waals surface area contributed by atoms with E-state index in [0.717, 1.165) is 18.9 Å². The number of ether oxygens (including phenoxy) is 1. The second-order valence-electron chi connectivity index (χ2n) is 5.64. The van der Waals surface area contributed by atoms with Gasteiger partial charge >= 0.3 is 0 Å². The molecule has 0 radical (unpaired) electrons. The highest BCUT2D eigenvalue weighted by Gasteiger charge is 2.42. The zero-order valence-electron chi connectivity index (χ0n) is 12.0. The summed E-state index contributed by atoms with van der Waals surface area (Å²) < 4.78 is 5.51. The van der Waals surface area contributed by atoms with E-state index in [9.17, 15) is 0 Å². The van der Waals surface area contributed by atoms with Crippen molar-refractivity contribution in [3.63, 3.8) is 0 Å². The Morgan fingerprint density at radius 3 is 2.20 bits per heavy atom. The fourth-order valence-electron chi connectivity index (χ4n) is 2.72. The highest BCUT2D eigenvalue weighted by molar-refractivity contribution is 5.53. The first-order chi connectivity index (χ1) is 9.62. The molecule has 104 valence electrons. The Kier molecular flexibility index (Phi) is 3.14. The van der Waals surface area contributed by atoms with Crippen LogP contribution in [0.15, 0.2) is 48.5 Å². The number of rotatable bonds is 3. The van der Waals surface area contributed by atoms with Crippen LogP contribution in [0.4, 0.5) is 11.4 Å². The first-order valence-corrected chi connectivity index (χ1v) is 6.83. The molecule has 3 rings (SSSR count). The van der Waals surface area contributed by atoms with Crippen molar-refractivity contribution in [2.45, 2.75) is 5.41 Å². The quantitative estimate of drug-likeness (QED) is 0.870. The molecular weight excluding hydrogens is 248 g/mol. The van der Waals surface area contributed by atoms with Crippen LogP contribution < -0.4 is 10.6 Å². The molecule has 0 unspecified atom stereocenters. The van der Waals surface area contributed by atoms with Crippen molar-refractivity contribution in [2.24, 2.45) is 0 Å². The lowest BCUT2D eigenvalue weighted by molar-refractivity contribution is -0.0379. The van der Waals surface area contributed by atoms with Crippen LogP contribution in [0.2, 0.25) is 0 Å². The van der Waals surface area contributed by atoms with Crippen LogP contribution in [0.5, 0.6) is 0 Å². The lowest BCUT2D eigenvalue weighted by Gasteiger charge is -2.42. The predicted octanol–water partition coefficient (Wildman–Crippen LogP) is 2.65. The van der Waals surface area contributed by atoms with Crippen molar-refractivity contribution in [2.75, 3.05) is 37.9 Å². The van der Waals surface area contributed by atoms with Crippen LogP contribution in [-0.4, -0.2) is 27.3 Å². The van der Waals surface area contributed by atoms with Crippen molar-refractivity contribution >= 4 is 11.4 Å². The van der Waals surface area contributed by atoms with Crippen LogP contribution in [0, 0.1) is 0 Å². The average molecular weight is 268 g/mol. The van der Waals surface area contributed by atoms with Crippen LogP contribution in [0.3, 0.4) is 0 Å². The van der Waals surface area contributed by atoms with Gasteiger partial charge < -0.3 is 15.4 Å². The molecule has 1 aliphatic heterocycles. The van der Waals surface area contributed by atoms with Crippen LogP contribution in [0.1, 0.15) is 11.1 Å². The van der Waals surface area contributed by atoms with E-state index in [1.54, 1.807) is 0 Å². The van der Waals surface area contributed by atoms with Crippen molar-refractivity contribution in [3.05, 3.63) is 59.7 Å². The van der Waals surface area contributed by atoms with E-state index in [4.69, 9.17) is 10.5 Å². The molecule has 0 spiro atoms. The maximum atomic E-state index is 5.93. The van der Waals surface area contributed by atoms with E-state index < -0.39 is 0 Å². The molecule has 1 saturated heterocycles. The topological polar surface area (TPSA) is 38.5 Å². The summed E-state index contributed by atoms with van der Waals surface area (Å²) in [5.41, 5.74) is 10.4. The van der Waals surface area contributed by atoms with Crippen molar-refractivity contribution in [3.8, 4) is 0 Å². The van der Waals surface area contributed by atoms with Crippen molar-refractivity contribution in [1.82, 2.24) is 0 Å². The second kappa shape index (κ2) is 4.84. The van der Waals surface area contributed by atoms with Gasteiger partial charge in [0.05, 0.1) is 18.6 Å². The standard InChI is InChI=1S/C17H20N2O/c1-19(2)16-8-6-13(7-9-16)17(11-20-12-17)14-4-3-5-15(18)10-14/h3-10H,11-12,18H2,1-2H3. The number of nitrogens with zero attached hydrogens (tertiary/aromatic N) is 1. The lowest BCUT2D eigenvalue weighted by atomic mass is 9.73. The third-order valence-corrected chi connectivity index (χ3v) is 4.07. The van der Waals surface area contributed by atoms with Gasteiger partial charge in [-0.05, 0) is 35.4 Å². The highest BCUT2D eigenvalue weighted by atomic mass is 16.5. The molecule has 0 bridgehead atoms. The third-order valence-electron chi connectivity index (χ3n) is 4.07. The Labute approximate surface area is 120 Å².